The van der Waals surface area contributed by atoms with Gasteiger partial charge >= 0.3 is 0 Å². The highest BCUT2D eigenvalue weighted by atomic mass is 16.7. The zero-order chi connectivity index (χ0) is 21.0. The molecular weight excluding hydrogens is 376 g/mol. The van der Waals surface area contributed by atoms with Crippen LogP contribution in [0.3, 0.4) is 0 Å². The van der Waals surface area contributed by atoms with Crippen LogP contribution in [0.4, 0.5) is 5.82 Å². The maximum atomic E-state index is 9.10. The highest BCUT2D eigenvalue weighted by Gasteiger charge is 2.42. The fourth-order valence-corrected chi connectivity index (χ4v) is 5.03. The van der Waals surface area contributed by atoms with Crippen molar-refractivity contribution < 1.29 is 9.47 Å². The lowest BCUT2D eigenvalue weighted by Gasteiger charge is -2.46. The van der Waals surface area contributed by atoms with Crippen molar-refractivity contribution in [2.75, 3.05) is 44.3 Å². The third-order valence-electron chi connectivity index (χ3n) is 7.30. The van der Waals surface area contributed by atoms with Crippen LogP contribution in [0.1, 0.15) is 51.5 Å². The van der Waals surface area contributed by atoms with Gasteiger partial charge in [0.1, 0.15) is 11.9 Å². The minimum Gasteiger partial charge on any atom is -0.356 e. The number of pyridine rings is 1. The second-order valence-electron chi connectivity index (χ2n) is 9.93. The molecule has 0 bridgehead atoms. The number of anilines is 1. The van der Waals surface area contributed by atoms with E-state index >= 15 is 0 Å². The average Bonchev–Trinajstić information content (AvgIpc) is 2.76. The Balaban J connectivity index is 1.34. The van der Waals surface area contributed by atoms with Crippen LogP contribution >= 0.6 is 0 Å². The summed E-state index contributed by atoms with van der Waals surface area (Å²) in [6.07, 6.45) is 7.65. The van der Waals surface area contributed by atoms with E-state index in [1.165, 1.54) is 25.7 Å². The molecule has 0 aromatic carbocycles. The normalized spacial score (nSPS) is 26.3. The third kappa shape index (κ3) is 5.14. The molecule has 2 saturated heterocycles. The smallest absolute Gasteiger partial charge is 0.159 e. The summed E-state index contributed by atoms with van der Waals surface area (Å²) in [7, 11) is 0. The maximum Gasteiger partial charge on any atom is 0.159 e. The summed E-state index contributed by atoms with van der Waals surface area (Å²) < 4.78 is 12.1. The van der Waals surface area contributed by atoms with E-state index in [1.807, 2.05) is 12.1 Å². The number of hydrogen-bond donors (Lipinski definition) is 1. The van der Waals surface area contributed by atoms with Gasteiger partial charge in [-0.15, -0.1) is 0 Å². The average molecular weight is 413 g/mol. The second-order valence-corrected chi connectivity index (χ2v) is 9.93. The first kappa shape index (κ1) is 21.5. The van der Waals surface area contributed by atoms with Gasteiger partial charge in [-0.1, -0.05) is 13.8 Å². The Morgan fingerprint density at radius 2 is 1.93 bits per heavy atom. The quantitative estimate of drug-likeness (QED) is 0.738. The molecule has 3 aliphatic rings. The van der Waals surface area contributed by atoms with E-state index in [1.54, 1.807) is 6.20 Å². The molecule has 0 atom stereocenters. The summed E-state index contributed by atoms with van der Waals surface area (Å²) in [5.41, 5.74) is 0.814. The molecule has 6 heteroatoms. The van der Waals surface area contributed by atoms with E-state index in [9.17, 15) is 0 Å². The van der Waals surface area contributed by atoms with Crippen LogP contribution in [-0.2, 0) is 9.47 Å². The summed E-state index contributed by atoms with van der Waals surface area (Å²) in [5.74, 6) is 3.32. The van der Waals surface area contributed by atoms with Crippen molar-refractivity contribution in [3.63, 3.8) is 0 Å². The van der Waals surface area contributed by atoms with Gasteiger partial charge in [0.2, 0.25) is 0 Å². The Kier molecular flexibility index (Phi) is 6.92. The summed E-state index contributed by atoms with van der Waals surface area (Å²) >= 11 is 0. The molecule has 1 aliphatic carbocycles. The fourth-order valence-electron chi connectivity index (χ4n) is 5.03. The van der Waals surface area contributed by atoms with Gasteiger partial charge in [0.05, 0.1) is 18.8 Å². The molecule has 1 aromatic rings. The van der Waals surface area contributed by atoms with Crippen molar-refractivity contribution in [2.45, 2.75) is 52.2 Å². The molecule has 30 heavy (non-hydrogen) atoms. The van der Waals surface area contributed by atoms with Crippen LogP contribution in [0.25, 0.3) is 0 Å². The van der Waals surface area contributed by atoms with E-state index in [0.29, 0.717) is 11.5 Å². The van der Waals surface area contributed by atoms with Gasteiger partial charge in [-0.3, -0.25) is 0 Å². The first-order chi connectivity index (χ1) is 14.6. The summed E-state index contributed by atoms with van der Waals surface area (Å²) in [4.78, 5) is 6.96. The first-order valence-electron chi connectivity index (χ1n) is 11.6. The van der Waals surface area contributed by atoms with Crippen LogP contribution in [0.2, 0.25) is 0 Å². The second kappa shape index (κ2) is 9.64. The molecule has 0 radical (unpaired) electrons. The number of nitrogens with zero attached hydrogens (tertiary/aromatic N) is 3. The predicted molar refractivity (Wildman–Crippen MR) is 117 cm³/mol. The van der Waals surface area contributed by atoms with Gasteiger partial charge in [-0.05, 0) is 55.6 Å². The van der Waals surface area contributed by atoms with Crippen LogP contribution in [0.5, 0.6) is 0 Å². The lowest BCUT2D eigenvalue weighted by atomic mass is 9.77. The van der Waals surface area contributed by atoms with Gasteiger partial charge in [-0.2, -0.15) is 5.26 Å². The van der Waals surface area contributed by atoms with Crippen molar-refractivity contribution in [1.29, 1.82) is 5.26 Å². The summed E-state index contributed by atoms with van der Waals surface area (Å²) in [6, 6.07) is 6.02. The minimum absolute atomic E-state index is 0.131. The number of aromatic nitrogens is 1. The molecule has 0 amide bonds. The summed E-state index contributed by atoms with van der Waals surface area (Å²) in [5, 5.41) is 12.4. The van der Waals surface area contributed by atoms with E-state index in [-0.39, 0.29) is 11.7 Å². The van der Waals surface area contributed by atoms with Gasteiger partial charge < -0.3 is 19.7 Å². The maximum absolute atomic E-state index is 9.10. The van der Waals surface area contributed by atoms with Crippen molar-refractivity contribution in [1.82, 2.24) is 10.3 Å². The predicted octanol–water partition coefficient (Wildman–Crippen LogP) is 3.57. The zero-order valence-electron chi connectivity index (χ0n) is 18.5. The standard InChI is InChI=1S/C24H36N4O2/c1-18(2)21-6-3-19(4-7-21)13-28(22-8-5-20(11-25)12-27-22)10-9-23-29-16-24(17-30-23)14-26-15-24/h5,8,12,18-19,21,23,26H,3-4,6-7,9-10,13-17H2,1-2H3. The molecule has 1 spiro atoms. The topological polar surface area (TPSA) is 70.4 Å². The molecule has 1 aromatic heterocycles. The molecule has 3 fully saturated rings. The Morgan fingerprint density at radius 1 is 1.20 bits per heavy atom. The van der Waals surface area contributed by atoms with E-state index in [0.717, 1.165) is 63.5 Å². The molecule has 1 N–H and O–H groups in total. The highest BCUT2D eigenvalue weighted by Crippen LogP contribution is 2.34. The molecule has 2 aliphatic heterocycles. The molecule has 4 rings (SSSR count). The Hall–Kier alpha value is -1.68. The molecule has 3 heterocycles. The minimum atomic E-state index is -0.131. The Labute approximate surface area is 180 Å². The Morgan fingerprint density at radius 3 is 2.47 bits per heavy atom. The van der Waals surface area contributed by atoms with Crippen LogP contribution < -0.4 is 10.2 Å². The molecular formula is C24H36N4O2. The fraction of sp³-hybridized carbons (Fsp3) is 0.750. The van der Waals surface area contributed by atoms with Crippen molar-refractivity contribution in [3.05, 3.63) is 23.9 Å². The monoisotopic (exact) mass is 412 g/mol. The number of rotatable bonds is 7. The zero-order valence-corrected chi connectivity index (χ0v) is 18.5. The summed E-state index contributed by atoms with van der Waals surface area (Å²) in [6.45, 7) is 10.2. The van der Waals surface area contributed by atoms with Gasteiger partial charge in [0.15, 0.2) is 6.29 Å². The Bertz CT molecular complexity index is 708. The third-order valence-corrected chi connectivity index (χ3v) is 7.30. The lowest BCUT2D eigenvalue weighted by molar-refractivity contribution is -0.239. The van der Waals surface area contributed by atoms with Gasteiger partial charge in [0.25, 0.3) is 0 Å². The van der Waals surface area contributed by atoms with E-state index in [2.05, 4.69) is 35.1 Å². The van der Waals surface area contributed by atoms with Crippen molar-refractivity contribution in [3.8, 4) is 6.07 Å². The van der Waals surface area contributed by atoms with Crippen molar-refractivity contribution >= 4 is 5.82 Å². The van der Waals surface area contributed by atoms with Crippen LogP contribution in [0.15, 0.2) is 18.3 Å². The molecule has 6 nitrogen and oxygen atoms in total. The largest absolute Gasteiger partial charge is 0.356 e. The van der Waals surface area contributed by atoms with Crippen LogP contribution in [0, 0.1) is 34.5 Å². The molecule has 0 unspecified atom stereocenters. The molecule has 164 valence electrons. The van der Waals surface area contributed by atoms with Gasteiger partial charge in [-0.25, -0.2) is 4.98 Å². The number of ether oxygens (including phenoxy) is 2. The molecule has 1 saturated carbocycles. The van der Waals surface area contributed by atoms with Crippen molar-refractivity contribution in [2.24, 2.45) is 23.2 Å². The number of nitrogens with one attached hydrogen (secondary N) is 1. The van der Waals surface area contributed by atoms with E-state index in [4.69, 9.17) is 14.7 Å². The van der Waals surface area contributed by atoms with E-state index < -0.39 is 0 Å². The number of nitriles is 1. The van der Waals surface area contributed by atoms with Crippen LogP contribution in [-0.4, -0.2) is 50.7 Å². The SMILES string of the molecule is CC(C)C1CCC(CN(CCC2OCC3(CNC3)CO2)c2ccc(C#N)cn2)CC1. The highest BCUT2D eigenvalue weighted by molar-refractivity contribution is 5.42. The number of hydrogen-bond acceptors (Lipinski definition) is 6. The first-order valence-corrected chi connectivity index (χ1v) is 11.6. The lowest BCUT2D eigenvalue weighted by Crippen LogP contribution is -2.61. The van der Waals surface area contributed by atoms with Gasteiger partial charge in [0, 0.05) is 44.2 Å².